The fourth-order valence-electron chi connectivity index (χ4n) is 2.05. The van der Waals surface area contributed by atoms with Crippen molar-refractivity contribution in [2.45, 2.75) is 46.3 Å². The third-order valence-corrected chi connectivity index (χ3v) is 4.10. The van der Waals surface area contributed by atoms with Gasteiger partial charge in [-0.1, -0.05) is 20.8 Å². The Morgan fingerprint density at radius 1 is 1.24 bits per heavy atom. The fourth-order valence-corrected chi connectivity index (χ4v) is 2.65. The normalized spacial score (nSPS) is 11.7. The zero-order chi connectivity index (χ0) is 15.6. The summed E-state index contributed by atoms with van der Waals surface area (Å²) in [7, 11) is 2.00. The number of aliphatic hydroxyl groups is 1. The highest BCUT2D eigenvalue weighted by Gasteiger charge is 2.18. The predicted molar refractivity (Wildman–Crippen MR) is 87.8 cm³/mol. The van der Waals surface area contributed by atoms with Gasteiger partial charge in [0.05, 0.1) is 23.9 Å². The van der Waals surface area contributed by atoms with E-state index < -0.39 is 0 Å². The third-order valence-electron chi connectivity index (χ3n) is 3.28. The minimum Gasteiger partial charge on any atom is -0.392 e. The molecule has 1 N–H and O–H groups in total. The third kappa shape index (κ3) is 4.02. The lowest BCUT2D eigenvalue weighted by atomic mass is 9.91. The Balaban J connectivity index is 2.29. The molecule has 0 fully saturated rings. The highest BCUT2D eigenvalue weighted by molar-refractivity contribution is 7.09. The minimum absolute atomic E-state index is 0.0300. The minimum atomic E-state index is -0.0437. The lowest BCUT2D eigenvalue weighted by molar-refractivity contribution is 0.281. The molecule has 0 radical (unpaired) electrons. The first-order chi connectivity index (χ1) is 9.79. The van der Waals surface area contributed by atoms with Crippen LogP contribution >= 0.6 is 11.3 Å². The summed E-state index contributed by atoms with van der Waals surface area (Å²) in [5.41, 5.74) is 2.89. The van der Waals surface area contributed by atoms with E-state index in [1.165, 1.54) is 0 Å². The maximum absolute atomic E-state index is 9.47. The Bertz CT molecular complexity index is 616. The molecule has 114 valence electrons. The van der Waals surface area contributed by atoms with Gasteiger partial charge in [-0.15, -0.1) is 11.3 Å². The molecule has 0 aliphatic carbocycles. The number of aromatic nitrogens is 2. The molecule has 0 atom stereocenters. The summed E-state index contributed by atoms with van der Waals surface area (Å²) in [4.78, 5) is 11.3. The molecule has 0 bridgehead atoms. The molecule has 2 aromatic rings. The molecule has 0 amide bonds. The summed E-state index contributed by atoms with van der Waals surface area (Å²) in [6.45, 7) is 9.15. The molecule has 0 saturated heterocycles. The molecule has 0 spiro atoms. The zero-order valence-electron chi connectivity index (χ0n) is 13.3. The molecule has 5 heteroatoms. The molecule has 21 heavy (non-hydrogen) atoms. The van der Waals surface area contributed by atoms with Gasteiger partial charge >= 0.3 is 0 Å². The average Bonchev–Trinajstić information content (AvgIpc) is 2.82. The van der Waals surface area contributed by atoms with Crippen molar-refractivity contribution in [1.82, 2.24) is 9.97 Å². The van der Waals surface area contributed by atoms with Gasteiger partial charge in [-0.2, -0.15) is 0 Å². The Labute approximate surface area is 130 Å². The van der Waals surface area contributed by atoms with Crippen molar-refractivity contribution in [3.05, 3.63) is 39.5 Å². The monoisotopic (exact) mass is 305 g/mol. The van der Waals surface area contributed by atoms with Crippen LogP contribution in [0.2, 0.25) is 0 Å². The summed E-state index contributed by atoms with van der Waals surface area (Å²) in [5.74, 6) is 0.872. The molecule has 2 aromatic heterocycles. The van der Waals surface area contributed by atoms with Crippen molar-refractivity contribution < 1.29 is 5.11 Å². The summed E-state index contributed by atoms with van der Waals surface area (Å²) in [5, 5.41) is 12.6. The second-order valence-electron chi connectivity index (χ2n) is 6.34. The van der Waals surface area contributed by atoms with Crippen molar-refractivity contribution in [3.8, 4) is 0 Å². The van der Waals surface area contributed by atoms with E-state index in [2.05, 4.69) is 36.0 Å². The average molecular weight is 305 g/mol. The van der Waals surface area contributed by atoms with Crippen molar-refractivity contribution in [2.75, 3.05) is 11.9 Å². The molecular weight excluding hydrogens is 282 g/mol. The smallest absolute Gasteiger partial charge is 0.129 e. The van der Waals surface area contributed by atoms with Gasteiger partial charge in [-0.3, -0.25) is 0 Å². The van der Waals surface area contributed by atoms with Crippen molar-refractivity contribution in [3.63, 3.8) is 0 Å². The second-order valence-corrected chi connectivity index (χ2v) is 7.40. The van der Waals surface area contributed by atoms with Gasteiger partial charge in [0.25, 0.3) is 0 Å². The number of anilines is 1. The lowest BCUT2D eigenvalue weighted by Gasteiger charge is -2.23. The number of hydrogen-bond acceptors (Lipinski definition) is 5. The molecule has 0 saturated carbocycles. The first-order valence-corrected chi connectivity index (χ1v) is 7.92. The van der Waals surface area contributed by atoms with Gasteiger partial charge in [0, 0.05) is 23.5 Å². The summed E-state index contributed by atoms with van der Waals surface area (Å²) in [6, 6.07) is 3.92. The summed E-state index contributed by atoms with van der Waals surface area (Å²) >= 11 is 1.66. The van der Waals surface area contributed by atoms with E-state index in [1.807, 2.05) is 26.1 Å². The first kappa shape index (κ1) is 15.9. The van der Waals surface area contributed by atoms with Crippen LogP contribution in [0.3, 0.4) is 0 Å². The van der Waals surface area contributed by atoms with Crippen LogP contribution in [0, 0.1) is 6.92 Å². The van der Waals surface area contributed by atoms with Crippen LogP contribution in [-0.2, 0) is 18.6 Å². The Hall–Kier alpha value is -1.46. The van der Waals surface area contributed by atoms with E-state index in [1.54, 1.807) is 11.3 Å². The largest absolute Gasteiger partial charge is 0.392 e. The highest BCUT2D eigenvalue weighted by Crippen LogP contribution is 2.25. The van der Waals surface area contributed by atoms with Crippen LogP contribution in [0.5, 0.6) is 0 Å². The molecule has 0 aromatic carbocycles. The maximum atomic E-state index is 9.47. The van der Waals surface area contributed by atoms with E-state index in [-0.39, 0.29) is 12.0 Å². The Morgan fingerprint density at radius 2 is 1.95 bits per heavy atom. The first-order valence-electron chi connectivity index (χ1n) is 7.04. The van der Waals surface area contributed by atoms with Crippen molar-refractivity contribution in [1.29, 1.82) is 0 Å². The maximum Gasteiger partial charge on any atom is 0.129 e. The number of hydrogen-bond donors (Lipinski definition) is 1. The lowest BCUT2D eigenvalue weighted by Crippen LogP contribution is -2.21. The number of rotatable bonds is 4. The zero-order valence-corrected chi connectivity index (χ0v) is 14.2. The number of pyridine rings is 1. The van der Waals surface area contributed by atoms with E-state index >= 15 is 0 Å². The Kier molecular flexibility index (Phi) is 4.64. The fraction of sp³-hybridized carbons (Fsp3) is 0.500. The topological polar surface area (TPSA) is 49.2 Å². The van der Waals surface area contributed by atoms with Crippen LogP contribution in [0.25, 0.3) is 0 Å². The SMILES string of the molecule is Cc1nc(CN(C)c2cc(CO)cc(C(C)(C)C)n2)cs1. The molecule has 0 aliphatic heterocycles. The number of aryl methyl sites for hydroxylation is 1. The molecule has 0 unspecified atom stereocenters. The van der Waals surface area contributed by atoms with E-state index in [0.717, 1.165) is 34.3 Å². The quantitative estimate of drug-likeness (QED) is 0.942. The van der Waals surface area contributed by atoms with Crippen LogP contribution in [0.4, 0.5) is 5.82 Å². The molecular formula is C16H23N3OS. The van der Waals surface area contributed by atoms with Crippen LogP contribution < -0.4 is 4.90 Å². The second kappa shape index (κ2) is 6.12. The highest BCUT2D eigenvalue weighted by atomic mass is 32.1. The van der Waals surface area contributed by atoms with Crippen molar-refractivity contribution >= 4 is 17.2 Å². The van der Waals surface area contributed by atoms with Gasteiger partial charge < -0.3 is 10.0 Å². The van der Waals surface area contributed by atoms with Crippen LogP contribution in [0.15, 0.2) is 17.5 Å². The van der Waals surface area contributed by atoms with Crippen LogP contribution in [0.1, 0.15) is 42.7 Å². The van der Waals surface area contributed by atoms with E-state index in [9.17, 15) is 5.11 Å². The van der Waals surface area contributed by atoms with Gasteiger partial charge in [-0.05, 0) is 24.6 Å². The van der Waals surface area contributed by atoms with Gasteiger partial charge in [-0.25, -0.2) is 9.97 Å². The molecule has 4 nitrogen and oxygen atoms in total. The molecule has 0 aliphatic rings. The Morgan fingerprint density at radius 3 is 2.48 bits per heavy atom. The predicted octanol–water partition coefficient (Wildman–Crippen LogP) is 3.27. The van der Waals surface area contributed by atoms with Gasteiger partial charge in [0.2, 0.25) is 0 Å². The molecule has 2 rings (SSSR count). The summed E-state index contributed by atoms with van der Waals surface area (Å²) < 4.78 is 0. The van der Waals surface area contributed by atoms with Crippen LogP contribution in [-0.4, -0.2) is 22.1 Å². The number of aliphatic hydroxyl groups excluding tert-OH is 1. The number of thiazole rings is 1. The number of nitrogens with zero attached hydrogens (tertiary/aromatic N) is 3. The van der Waals surface area contributed by atoms with E-state index in [4.69, 9.17) is 4.98 Å². The van der Waals surface area contributed by atoms with E-state index in [0.29, 0.717) is 0 Å². The molecule has 2 heterocycles. The standard InChI is InChI=1S/C16H23N3OS/c1-11-17-13(10-21-11)8-19(5)15-7-12(9-20)6-14(18-15)16(2,3)4/h6-7,10,20H,8-9H2,1-5H3. The van der Waals surface area contributed by atoms with Crippen molar-refractivity contribution in [2.24, 2.45) is 0 Å². The summed E-state index contributed by atoms with van der Waals surface area (Å²) in [6.07, 6.45) is 0. The van der Waals surface area contributed by atoms with Gasteiger partial charge in [0.15, 0.2) is 0 Å². The van der Waals surface area contributed by atoms with Gasteiger partial charge in [0.1, 0.15) is 5.82 Å².